The second kappa shape index (κ2) is 4.40. The van der Waals surface area contributed by atoms with E-state index in [4.69, 9.17) is 0 Å². The molecule has 1 rings (SSSR count). The fourth-order valence-corrected chi connectivity index (χ4v) is 1.91. The van der Waals surface area contributed by atoms with E-state index in [1.807, 2.05) is 0 Å². The van der Waals surface area contributed by atoms with E-state index in [-0.39, 0.29) is 5.41 Å². The summed E-state index contributed by atoms with van der Waals surface area (Å²) in [6, 6.07) is 0. The number of hydrogen-bond acceptors (Lipinski definition) is 1. The fraction of sp³-hybridized carbons (Fsp3) is 0.583. The Kier molecular flexibility index (Phi) is 3.47. The summed E-state index contributed by atoms with van der Waals surface area (Å²) in [5.41, 5.74) is 0.232. The summed E-state index contributed by atoms with van der Waals surface area (Å²) < 4.78 is 0. The molecule has 1 heteroatoms. The quantitative estimate of drug-likeness (QED) is 0.604. The van der Waals surface area contributed by atoms with Gasteiger partial charge in [-0.25, -0.2) is 0 Å². The van der Waals surface area contributed by atoms with Crippen LogP contribution in [-0.4, -0.2) is 6.29 Å². The van der Waals surface area contributed by atoms with Gasteiger partial charge in [-0.2, -0.15) is 0 Å². The van der Waals surface area contributed by atoms with Gasteiger partial charge in [0.05, 0.1) is 0 Å². The summed E-state index contributed by atoms with van der Waals surface area (Å²) in [5, 5.41) is 0. The second-order valence-electron chi connectivity index (χ2n) is 4.08. The van der Waals surface area contributed by atoms with Crippen LogP contribution in [-0.2, 0) is 4.79 Å². The van der Waals surface area contributed by atoms with Crippen LogP contribution in [0.15, 0.2) is 24.3 Å². The Bertz CT molecular complexity index is 225. The van der Waals surface area contributed by atoms with Crippen molar-refractivity contribution in [3.63, 3.8) is 0 Å². The van der Waals surface area contributed by atoms with Crippen LogP contribution in [0.1, 0.15) is 33.1 Å². The molecule has 1 atom stereocenters. The zero-order valence-corrected chi connectivity index (χ0v) is 8.49. The standard InChI is InChI=1S/C12H18O/c1-11(2)12(9-6-10-13)7-4-3-5-8-12/h3-5,7,10-11H,6,8-9H2,1-2H3. The van der Waals surface area contributed by atoms with Crippen LogP contribution in [0, 0.1) is 11.3 Å². The number of carbonyl (C=O) groups is 1. The van der Waals surface area contributed by atoms with Gasteiger partial charge in [-0.1, -0.05) is 38.2 Å². The number of hydrogen-bond donors (Lipinski definition) is 0. The van der Waals surface area contributed by atoms with Crippen molar-refractivity contribution in [2.45, 2.75) is 33.1 Å². The molecule has 0 aromatic rings. The van der Waals surface area contributed by atoms with Crippen molar-refractivity contribution in [1.82, 2.24) is 0 Å². The summed E-state index contributed by atoms with van der Waals surface area (Å²) >= 11 is 0. The van der Waals surface area contributed by atoms with Crippen LogP contribution in [0.3, 0.4) is 0 Å². The minimum absolute atomic E-state index is 0.232. The summed E-state index contributed by atoms with van der Waals surface area (Å²) in [5.74, 6) is 0.605. The Morgan fingerprint density at radius 1 is 1.46 bits per heavy atom. The van der Waals surface area contributed by atoms with Gasteiger partial charge >= 0.3 is 0 Å². The maximum atomic E-state index is 10.4. The maximum absolute atomic E-state index is 10.4. The Morgan fingerprint density at radius 3 is 2.69 bits per heavy atom. The van der Waals surface area contributed by atoms with Crippen molar-refractivity contribution in [2.75, 3.05) is 0 Å². The molecule has 0 bridgehead atoms. The van der Waals surface area contributed by atoms with Gasteiger partial charge in [0, 0.05) is 6.42 Å². The molecule has 1 aliphatic carbocycles. The van der Waals surface area contributed by atoms with Crippen molar-refractivity contribution >= 4 is 6.29 Å². The zero-order valence-electron chi connectivity index (χ0n) is 8.49. The molecular formula is C12H18O. The monoisotopic (exact) mass is 178 g/mol. The fourth-order valence-electron chi connectivity index (χ4n) is 1.91. The van der Waals surface area contributed by atoms with Crippen LogP contribution in [0.2, 0.25) is 0 Å². The van der Waals surface area contributed by atoms with Crippen molar-refractivity contribution < 1.29 is 4.79 Å². The van der Waals surface area contributed by atoms with Crippen LogP contribution >= 0.6 is 0 Å². The van der Waals surface area contributed by atoms with Crippen LogP contribution in [0.25, 0.3) is 0 Å². The molecular weight excluding hydrogens is 160 g/mol. The van der Waals surface area contributed by atoms with Crippen LogP contribution in [0.5, 0.6) is 0 Å². The molecule has 1 aliphatic rings. The van der Waals surface area contributed by atoms with Crippen molar-refractivity contribution in [3.8, 4) is 0 Å². The topological polar surface area (TPSA) is 17.1 Å². The molecule has 0 N–H and O–H groups in total. The first-order valence-corrected chi connectivity index (χ1v) is 4.99. The molecule has 1 unspecified atom stereocenters. The first-order valence-electron chi connectivity index (χ1n) is 4.99. The number of rotatable bonds is 4. The van der Waals surface area contributed by atoms with E-state index in [0.717, 1.165) is 19.1 Å². The highest BCUT2D eigenvalue weighted by molar-refractivity contribution is 5.49. The van der Waals surface area contributed by atoms with E-state index < -0.39 is 0 Å². The predicted octanol–water partition coefficient (Wildman–Crippen LogP) is 3.12. The first kappa shape index (κ1) is 10.2. The zero-order chi connectivity index (χ0) is 9.73. The van der Waals surface area contributed by atoms with Gasteiger partial charge in [0.15, 0.2) is 0 Å². The van der Waals surface area contributed by atoms with E-state index in [9.17, 15) is 4.79 Å². The lowest BCUT2D eigenvalue weighted by Crippen LogP contribution is -2.25. The number of aldehydes is 1. The lowest BCUT2D eigenvalue weighted by molar-refractivity contribution is -0.108. The molecule has 72 valence electrons. The molecule has 1 nitrogen and oxygen atoms in total. The van der Waals surface area contributed by atoms with Crippen molar-refractivity contribution in [1.29, 1.82) is 0 Å². The van der Waals surface area contributed by atoms with E-state index in [2.05, 4.69) is 38.2 Å². The van der Waals surface area contributed by atoms with Crippen LogP contribution in [0.4, 0.5) is 0 Å². The Labute approximate surface area is 80.5 Å². The lowest BCUT2D eigenvalue weighted by atomic mass is 9.70. The molecule has 0 heterocycles. The van der Waals surface area contributed by atoms with Crippen molar-refractivity contribution in [3.05, 3.63) is 24.3 Å². The van der Waals surface area contributed by atoms with Gasteiger partial charge in [-0.05, 0) is 24.2 Å². The summed E-state index contributed by atoms with van der Waals surface area (Å²) in [7, 11) is 0. The van der Waals surface area contributed by atoms with Gasteiger partial charge in [-0.15, -0.1) is 0 Å². The molecule has 0 radical (unpaired) electrons. The highest BCUT2D eigenvalue weighted by Gasteiger charge is 2.29. The Morgan fingerprint density at radius 2 is 2.23 bits per heavy atom. The van der Waals surface area contributed by atoms with E-state index in [0.29, 0.717) is 12.3 Å². The van der Waals surface area contributed by atoms with Gasteiger partial charge in [0.25, 0.3) is 0 Å². The molecule has 13 heavy (non-hydrogen) atoms. The highest BCUT2D eigenvalue weighted by atomic mass is 16.1. The molecule has 0 saturated carbocycles. The lowest BCUT2D eigenvalue weighted by Gasteiger charge is -2.35. The third-order valence-electron chi connectivity index (χ3n) is 3.05. The largest absolute Gasteiger partial charge is 0.303 e. The van der Waals surface area contributed by atoms with Gasteiger partial charge in [0.2, 0.25) is 0 Å². The minimum Gasteiger partial charge on any atom is -0.303 e. The second-order valence-corrected chi connectivity index (χ2v) is 4.08. The SMILES string of the molecule is CC(C)C1(CCC=O)C=CC=CC1. The van der Waals surface area contributed by atoms with E-state index in [1.165, 1.54) is 0 Å². The minimum atomic E-state index is 0.232. The summed E-state index contributed by atoms with van der Waals surface area (Å²) in [6.07, 6.45) is 12.4. The Balaban J connectivity index is 2.69. The van der Waals surface area contributed by atoms with Crippen LogP contribution < -0.4 is 0 Å². The highest BCUT2D eigenvalue weighted by Crippen LogP contribution is 2.39. The molecule has 0 aliphatic heterocycles. The average Bonchev–Trinajstić information content (AvgIpc) is 2.16. The van der Waals surface area contributed by atoms with E-state index in [1.54, 1.807) is 0 Å². The molecule has 0 aromatic heterocycles. The molecule has 0 fully saturated rings. The summed E-state index contributed by atoms with van der Waals surface area (Å²) in [4.78, 5) is 10.4. The number of allylic oxidation sites excluding steroid dienone is 4. The molecule has 0 aromatic carbocycles. The Hall–Kier alpha value is -0.850. The first-order chi connectivity index (χ1) is 6.21. The third-order valence-corrected chi connectivity index (χ3v) is 3.05. The maximum Gasteiger partial charge on any atom is 0.120 e. The van der Waals surface area contributed by atoms with Gasteiger partial charge < -0.3 is 4.79 Å². The molecule has 0 saturated heterocycles. The molecule has 0 spiro atoms. The van der Waals surface area contributed by atoms with Crippen molar-refractivity contribution in [2.24, 2.45) is 11.3 Å². The molecule has 0 amide bonds. The average molecular weight is 178 g/mol. The van der Waals surface area contributed by atoms with Gasteiger partial charge in [0.1, 0.15) is 6.29 Å². The third kappa shape index (κ3) is 2.30. The summed E-state index contributed by atoms with van der Waals surface area (Å²) in [6.45, 7) is 4.46. The normalized spacial score (nSPS) is 26.7. The number of carbonyl (C=O) groups excluding carboxylic acids is 1. The predicted molar refractivity (Wildman–Crippen MR) is 55.5 cm³/mol. The van der Waals surface area contributed by atoms with Gasteiger partial charge in [-0.3, -0.25) is 0 Å². The smallest absolute Gasteiger partial charge is 0.120 e. The van der Waals surface area contributed by atoms with E-state index >= 15 is 0 Å².